The fourth-order valence-electron chi connectivity index (χ4n) is 4.75. The summed E-state index contributed by atoms with van der Waals surface area (Å²) in [6.45, 7) is 1.98. The maximum absolute atomic E-state index is 11.5. The minimum absolute atomic E-state index is 0.0169. The van der Waals surface area contributed by atoms with Crippen molar-refractivity contribution in [3.8, 4) is 0 Å². The van der Waals surface area contributed by atoms with Gasteiger partial charge in [-0.2, -0.15) is 4.68 Å². The fraction of sp³-hybridized carbons (Fsp3) is 0.611. The van der Waals surface area contributed by atoms with Crippen LogP contribution in [0.3, 0.4) is 0 Å². The number of likely N-dealkylation sites (tertiary alicyclic amines) is 1. The molecule has 24 heavy (non-hydrogen) atoms. The largest absolute Gasteiger partial charge is 0.369 e. The van der Waals surface area contributed by atoms with Gasteiger partial charge in [0.25, 0.3) is 0 Å². The van der Waals surface area contributed by atoms with Gasteiger partial charge in [-0.15, -0.1) is 5.10 Å². The van der Waals surface area contributed by atoms with Gasteiger partial charge < -0.3 is 10.6 Å². The lowest BCUT2D eigenvalue weighted by Crippen LogP contribution is -3.21. The second kappa shape index (κ2) is 6.16. The smallest absolute Gasteiger partial charge is 0.220 e. The quantitative estimate of drug-likeness (QED) is 0.876. The molecule has 2 fully saturated rings. The number of benzene rings is 1. The van der Waals surface area contributed by atoms with Gasteiger partial charge in [0.2, 0.25) is 5.91 Å². The van der Waals surface area contributed by atoms with Crippen molar-refractivity contribution in [3.05, 3.63) is 24.3 Å². The highest BCUT2D eigenvalue weighted by molar-refractivity contribution is 5.76. The minimum Gasteiger partial charge on any atom is -0.369 e. The Labute approximate surface area is 142 Å². The van der Waals surface area contributed by atoms with Crippen LogP contribution in [-0.4, -0.2) is 34.0 Å². The van der Waals surface area contributed by atoms with Gasteiger partial charge >= 0.3 is 0 Å². The first-order chi connectivity index (χ1) is 11.7. The van der Waals surface area contributed by atoms with Crippen LogP contribution in [0.2, 0.25) is 0 Å². The van der Waals surface area contributed by atoms with Crippen molar-refractivity contribution in [3.63, 3.8) is 0 Å². The summed E-state index contributed by atoms with van der Waals surface area (Å²) in [5.41, 5.74) is 7.60. The number of carbonyl (C=O) groups excluding carboxylic acids is 1. The SMILES string of the molecule is NC(=O)C1CC[NH+](C2(n3nnc4ccccc43)CCCCC2)CC1. The zero-order chi connectivity index (χ0) is 16.6. The van der Waals surface area contributed by atoms with Crippen LogP contribution in [0.4, 0.5) is 0 Å². The molecule has 0 radical (unpaired) electrons. The van der Waals surface area contributed by atoms with E-state index in [-0.39, 0.29) is 17.5 Å². The molecule has 1 aromatic carbocycles. The maximum Gasteiger partial charge on any atom is 0.220 e. The van der Waals surface area contributed by atoms with Crippen LogP contribution < -0.4 is 10.6 Å². The van der Waals surface area contributed by atoms with E-state index in [1.807, 2.05) is 12.1 Å². The number of para-hydroxylation sites is 1. The molecule has 2 aromatic rings. The summed E-state index contributed by atoms with van der Waals surface area (Å²) in [5.74, 6) is -0.0974. The number of quaternary nitrogens is 1. The summed E-state index contributed by atoms with van der Waals surface area (Å²) >= 11 is 0. The van der Waals surface area contributed by atoms with Gasteiger partial charge in [0, 0.05) is 31.6 Å². The maximum atomic E-state index is 11.5. The highest BCUT2D eigenvalue weighted by atomic mass is 16.1. The number of primary amides is 1. The molecule has 2 aliphatic rings. The van der Waals surface area contributed by atoms with Gasteiger partial charge in [-0.25, -0.2) is 0 Å². The number of hydrogen-bond acceptors (Lipinski definition) is 3. The van der Waals surface area contributed by atoms with E-state index in [4.69, 9.17) is 5.73 Å². The lowest BCUT2D eigenvalue weighted by atomic mass is 9.84. The Kier molecular flexibility index (Phi) is 4.00. The summed E-state index contributed by atoms with van der Waals surface area (Å²) in [6.07, 6.45) is 7.81. The number of amides is 1. The third kappa shape index (κ3) is 2.49. The number of carbonyl (C=O) groups is 1. The van der Waals surface area contributed by atoms with E-state index in [0.29, 0.717) is 0 Å². The highest BCUT2D eigenvalue weighted by Crippen LogP contribution is 2.32. The lowest BCUT2D eigenvalue weighted by molar-refractivity contribution is -0.980. The normalized spacial score (nSPS) is 27.2. The van der Waals surface area contributed by atoms with Gasteiger partial charge in [-0.1, -0.05) is 23.8 Å². The van der Waals surface area contributed by atoms with E-state index in [9.17, 15) is 4.79 Å². The Balaban J connectivity index is 1.70. The molecule has 1 aliphatic heterocycles. The first-order valence-electron chi connectivity index (χ1n) is 9.16. The zero-order valence-corrected chi connectivity index (χ0v) is 14.1. The molecular formula is C18H26N5O+. The van der Waals surface area contributed by atoms with Crippen LogP contribution in [0.25, 0.3) is 11.0 Å². The zero-order valence-electron chi connectivity index (χ0n) is 14.1. The molecular weight excluding hydrogens is 302 g/mol. The van der Waals surface area contributed by atoms with E-state index in [0.717, 1.165) is 49.8 Å². The van der Waals surface area contributed by atoms with E-state index >= 15 is 0 Å². The van der Waals surface area contributed by atoms with Crippen LogP contribution >= 0.6 is 0 Å². The number of nitrogens with one attached hydrogen (secondary N) is 1. The predicted octanol–water partition coefficient (Wildman–Crippen LogP) is 0.828. The second-order valence-corrected chi connectivity index (χ2v) is 7.36. The molecule has 1 saturated heterocycles. The van der Waals surface area contributed by atoms with Gasteiger partial charge in [-0.3, -0.25) is 4.79 Å². The monoisotopic (exact) mass is 328 g/mol. The fourth-order valence-corrected chi connectivity index (χ4v) is 4.75. The Bertz CT molecular complexity index is 726. The van der Waals surface area contributed by atoms with E-state index in [1.165, 1.54) is 19.3 Å². The number of fused-ring (bicyclic) bond motifs is 1. The minimum atomic E-state index is -0.141. The van der Waals surface area contributed by atoms with Crippen molar-refractivity contribution < 1.29 is 9.69 Å². The van der Waals surface area contributed by atoms with E-state index in [2.05, 4.69) is 27.1 Å². The molecule has 1 aliphatic carbocycles. The van der Waals surface area contributed by atoms with Crippen LogP contribution in [0.5, 0.6) is 0 Å². The Morgan fingerprint density at radius 3 is 2.58 bits per heavy atom. The molecule has 6 nitrogen and oxygen atoms in total. The van der Waals surface area contributed by atoms with E-state index in [1.54, 1.807) is 4.90 Å². The Morgan fingerprint density at radius 1 is 1.17 bits per heavy atom. The number of piperidine rings is 1. The molecule has 1 amide bonds. The molecule has 0 bridgehead atoms. The number of aromatic nitrogens is 3. The first kappa shape index (κ1) is 15.6. The molecule has 0 unspecified atom stereocenters. The molecule has 1 saturated carbocycles. The average molecular weight is 328 g/mol. The summed E-state index contributed by atoms with van der Waals surface area (Å²) in [6, 6.07) is 8.23. The molecule has 128 valence electrons. The van der Waals surface area contributed by atoms with Crippen LogP contribution in [-0.2, 0) is 10.5 Å². The number of hydrogen-bond donors (Lipinski definition) is 2. The van der Waals surface area contributed by atoms with Gasteiger partial charge in [0.1, 0.15) is 5.52 Å². The van der Waals surface area contributed by atoms with Gasteiger partial charge in [-0.05, 0) is 25.0 Å². The topological polar surface area (TPSA) is 78.2 Å². The second-order valence-electron chi connectivity index (χ2n) is 7.36. The first-order valence-corrected chi connectivity index (χ1v) is 9.16. The van der Waals surface area contributed by atoms with Crippen molar-refractivity contribution >= 4 is 16.9 Å². The number of nitrogens with zero attached hydrogens (tertiary/aromatic N) is 3. The molecule has 2 heterocycles. The van der Waals surface area contributed by atoms with Crippen molar-refractivity contribution in [1.29, 1.82) is 0 Å². The van der Waals surface area contributed by atoms with Crippen molar-refractivity contribution in [2.24, 2.45) is 11.7 Å². The lowest BCUT2D eigenvalue weighted by Gasteiger charge is -2.45. The van der Waals surface area contributed by atoms with Crippen LogP contribution in [0, 0.1) is 5.92 Å². The van der Waals surface area contributed by atoms with Crippen molar-refractivity contribution in [2.45, 2.75) is 50.6 Å². The molecule has 6 heteroatoms. The predicted molar refractivity (Wildman–Crippen MR) is 91.2 cm³/mol. The average Bonchev–Trinajstić information content (AvgIpc) is 3.07. The van der Waals surface area contributed by atoms with E-state index < -0.39 is 0 Å². The van der Waals surface area contributed by atoms with Gasteiger partial charge in [0.15, 0.2) is 5.66 Å². The van der Waals surface area contributed by atoms with Gasteiger partial charge in [0.05, 0.1) is 18.6 Å². The third-order valence-electron chi connectivity index (χ3n) is 6.09. The third-order valence-corrected chi connectivity index (χ3v) is 6.09. The molecule has 1 aromatic heterocycles. The standard InChI is InChI=1S/C18H25N5O/c19-17(24)14-8-12-22(13-9-14)18(10-4-1-5-11-18)23-16-7-3-2-6-15(16)20-21-23/h2-3,6-7,14H,1,4-5,8-13H2,(H2,19,24)/p+1. The number of rotatable bonds is 3. The van der Waals surface area contributed by atoms with Crippen molar-refractivity contribution in [1.82, 2.24) is 15.0 Å². The van der Waals surface area contributed by atoms with Crippen molar-refractivity contribution in [2.75, 3.05) is 13.1 Å². The Hall–Kier alpha value is -1.95. The molecule has 3 N–H and O–H groups in total. The summed E-state index contributed by atoms with van der Waals surface area (Å²) in [4.78, 5) is 13.1. The number of nitrogens with two attached hydrogens (primary N) is 1. The van der Waals surface area contributed by atoms with Crippen LogP contribution in [0.15, 0.2) is 24.3 Å². The molecule has 0 atom stereocenters. The summed E-state index contributed by atoms with van der Waals surface area (Å²) < 4.78 is 2.20. The summed E-state index contributed by atoms with van der Waals surface area (Å²) in [5, 5.41) is 8.98. The molecule has 4 rings (SSSR count). The summed E-state index contributed by atoms with van der Waals surface area (Å²) in [7, 11) is 0. The van der Waals surface area contributed by atoms with Crippen LogP contribution in [0.1, 0.15) is 44.9 Å². The Morgan fingerprint density at radius 2 is 1.88 bits per heavy atom. The highest BCUT2D eigenvalue weighted by Gasteiger charge is 2.47. The molecule has 0 spiro atoms.